The van der Waals surface area contributed by atoms with Gasteiger partial charge in [-0.3, -0.25) is 4.79 Å². The molecular formula is C14H20ClN3O. The molecule has 0 aliphatic carbocycles. The molecule has 2 atom stereocenters. The van der Waals surface area contributed by atoms with Crippen LogP contribution in [-0.2, 0) is 11.3 Å². The SMILES string of the molecule is CC1CCC(C(N)=O)CN1c1ccc(CN)c(Cl)c1. The van der Waals surface area contributed by atoms with Crippen molar-refractivity contribution < 1.29 is 4.79 Å². The van der Waals surface area contributed by atoms with Crippen molar-refractivity contribution in [3.63, 3.8) is 0 Å². The summed E-state index contributed by atoms with van der Waals surface area (Å²) < 4.78 is 0. The van der Waals surface area contributed by atoms with Crippen LogP contribution in [0.4, 0.5) is 5.69 Å². The molecule has 0 aromatic heterocycles. The molecule has 1 aliphatic rings. The van der Waals surface area contributed by atoms with Crippen LogP contribution >= 0.6 is 11.6 Å². The fraction of sp³-hybridized carbons (Fsp3) is 0.500. The standard InChI is InChI=1S/C14H20ClN3O/c1-9-2-3-11(14(17)19)8-18(9)12-5-4-10(7-16)13(15)6-12/h4-6,9,11H,2-3,7-8,16H2,1H3,(H2,17,19). The number of piperidine rings is 1. The largest absolute Gasteiger partial charge is 0.369 e. The number of primary amides is 1. The fourth-order valence-electron chi connectivity index (χ4n) is 2.58. The molecule has 4 N–H and O–H groups in total. The van der Waals surface area contributed by atoms with Gasteiger partial charge in [-0.25, -0.2) is 0 Å². The summed E-state index contributed by atoms with van der Waals surface area (Å²) in [5, 5.41) is 0.674. The zero-order valence-corrected chi connectivity index (χ0v) is 11.9. The van der Waals surface area contributed by atoms with Crippen LogP contribution in [0.3, 0.4) is 0 Å². The van der Waals surface area contributed by atoms with Gasteiger partial charge >= 0.3 is 0 Å². The topological polar surface area (TPSA) is 72.4 Å². The van der Waals surface area contributed by atoms with E-state index in [9.17, 15) is 4.79 Å². The summed E-state index contributed by atoms with van der Waals surface area (Å²) in [4.78, 5) is 13.6. The smallest absolute Gasteiger partial charge is 0.222 e. The Bertz CT molecular complexity index is 478. The first-order valence-electron chi connectivity index (χ1n) is 6.57. The van der Waals surface area contributed by atoms with Gasteiger partial charge in [-0.05, 0) is 37.5 Å². The molecule has 2 rings (SSSR count). The van der Waals surface area contributed by atoms with Gasteiger partial charge < -0.3 is 16.4 Å². The predicted octanol–water partition coefficient (Wildman–Crippen LogP) is 1.89. The molecule has 4 nitrogen and oxygen atoms in total. The highest BCUT2D eigenvalue weighted by Crippen LogP contribution is 2.30. The van der Waals surface area contributed by atoms with Crippen LogP contribution in [0.2, 0.25) is 5.02 Å². The van der Waals surface area contributed by atoms with Crippen molar-refractivity contribution in [2.45, 2.75) is 32.4 Å². The number of halogens is 1. The first-order valence-corrected chi connectivity index (χ1v) is 6.95. The Morgan fingerprint density at radius 1 is 1.47 bits per heavy atom. The first-order chi connectivity index (χ1) is 9.02. The molecule has 1 fully saturated rings. The number of nitrogens with zero attached hydrogens (tertiary/aromatic N) is 1. The molecule has 1 aromatic carbocycles. The Balaban J connectivity index is 2.23. The molecule has 0 spiro atoms. The number of hydrogen-bond acceptors (Lipinski definition) is 3. The van der Waals surface area contributed by atoms with Crippen molar-refractivity contribution in [3.05, 3.63) is 28.8 Å². The molecule has 0 saturated carbocycles. The van der Waals surface area contributed by atoms with Gasteiger partial charge in [-0.1, -0.05) is 17.7 Å². The fourth-order valence-corrected chi connectivity index (χ4v) is 2.83. The number of hydrogen-bond donors (Lipinski definition) is 2. The van der Waals surface area contributed by atoms with Crippen molar-refractivity contribution in [2.24, 2.45) is 17.4 Å². The van der Waals surface area contributed by atoms with E-state index in [-0.39, 0.29) is 11.8 Å². The van der Waals surface area contributed by atoms with Crippen molar-refractivity contribution in [1.29, 1.82) is 0 Å². The second-order valence-corrected chi connectivity index (χ2v) is 5.57. The molecule has 0 radical (unpaired) electrons. The van der Waals surface area contributed by atoms with Crippen LogP contribution in [-0.4, -0.2) is 18.5 Å². The lowest BCUT2D eigenvalue weighted by molar-refractivity contribution is -0.122. The van der Waals surface area contributed by atoms with Gasteiger partial charge in [-0.15, -0.1) is 0 Å². The average molecular weight is 282 g/mol. The number of nitrogens with two attached hydrogens (primary N) is 2. The molecule has 104 valence electrons. The van der Waals surface area contributed by atoms with Crippen molar-refractivity contribution in [2.75, 3.05) is 11.4 Å². The summed E-state index contributed by atoms with van der Waals surface area (Å²) in [6.45, 7) is 3.25. The lowest BCUT2D eigenvalue weighted by atomic mass is 9.92. The molecule has 0 bridgehead atoms. The number of carbonyl (C=O) groups excluding carboxylic acids is 1. The minimum atomic E-state index is -0.221. The van der Waals surface area contributed by atoms with Crippen LogP contribution in [0.15, 0.2) is 18.2 Å². The van der Waals surface area contributed by atoms with E-state index in [1.165, 1.54) is 0 Å². The van der Waals surface area contributed by atoms with E-state index in [1.807, 2.05) is 18.2 Å². The number of anilines is 1. The molecule has 5 heteroatoms. The van der Waals surface area contributed by atoms with Crippen LogP contribution in [0.1, 0.15) is 25.3 Å². The highest BCUT2D eigenvalue weighted by Gasteiger charge is 2.28. The number of rotatable bonds is 3. The normalized spacial score (nSPS) is 23.4. The Morgan fingerprint density at radius 3 is 2.79 bits per heavy atom. The maximum absolute atomic E-state index is 11.4. The zero-order chi connectivity index (χ0) is 14.0. The third kappa shape index (κ3) is 3.01. The van der Waals surface area contributed by atoms with Gasteiger partial charge in [0.05, 0.1) is 5.92 Å². The maximum Gasteiger partial charge on any atom is 0.222 e. The highest BCUT2D eigenvalue weighted by molar-refractivity contribution is 6.31. The Kier molecular flexibility index (Phi) is 4.32. The van der Waals surface area contributed by atoms with Gasteiger partial charge in [0.2, 0.25) is 5.91 Å². The second-order valence-electron chi connectivity index (χ2n) is 5.16. The molecule has 2 unspecified atom stereocenters. The Morgan fingerprint density at radius 2 is 2.21 bits per heavy atom. The summed E-state index contributed by atoms with van der Waals surface area (Å²) in [6, 6.07) is 6.26. The Labute approximate surface area is 118 Å². The lowest BCUT2D eigenvalue weighted by Gasteiger charge is -2.38. The number of carbonyl (C=O) groups is 1. The van der Waals surface area contributed by atoms with Crippen LogP contribution < -0.4 is 16.4 Å². The average Bonchev–Trinajstić information content (AvgIpc) is 2.38. The maximum atomic E-state index is 11.4. The summed E-state index contributed by atoms with van der Waals surface area (Å²) in [6.07, 6.45) is 1.82. The highest BCUT2D eigenvalue weighted by atomic mass is 35.5. The summed E-state index contributed by atoms with van der Waals surface area (Å²) in [5.41, 5.74) is 13.0. The van der Waals surface area contributed by atoms with E-state index in [0.717, 1.165) is 24.1 Å². The van der Waals surface area contributed by atoms with E-state index in [1.54, 1.807) is 0 Å². The first kappa shape index (κ1) is 14.2. The van der Waals surface area contributed by atoms with Crippen molar-refractivity contribution in [1.82, 2.24) is 0 Å². The predicted molar refractivity (Wildman–Crippen MR) is 78.1 cm³/mol. The molecule has 1 aromatic rings. The summed E-state index contributed by atoms with van der Waals surface area (Å²) in [5.74, 6) is -0.300. The third-order valence-electron chi connectivity index (χ3n) is 3.87. The van der Waals surface area contributed by atoms with E-state index in [4.69, 9.17) is 23.1 Å². The quantitative estimate of drug-likeness (QED) is 0.889. The Hall–Kier alpha value is -1.26. The molecule has 1 saturated heterocycles. The molecule has 19 heavy (non-hydrogen) atoms. The van der Waals surface area contributed by atoms with Gasteiger partial charge in [0.1, 0.15) is 0 Å². The van der Waals surface area contributed by atoms with Crippen LogP contribution in [0.25, 0.3) is 0 Å². The lowest BCUT2D eigenvalue weighted by Crippen LogP contribution is -2.45. The van der Waals surface area contributed by atoms with E-state index in [2.05, 4.69) is 11.8 Å². The van der Waals surface area contributed by atoms with Crippen molar-refractivity contribution >= 4 is 23.2 Å². The minimum Gasteiger partial charge on any atom is -0.369 e. The van der Waals surface area contributed by atoms with Gasteiger partial charge in [0, 0.05) is 29.8 Å². The third-order valence-corrected chi connectivity index (χ3v) is 4.22. The molecule has 1 heterocycles. The molecule has 1 aliphatic heterocycles. The summed E-state index contributed by atoms with van der Waals surface area (Å²) >= 11 is 6.20. The van der Waals surface area contributed by atoms with Crippen LogP contribution in [0.5, 0.6) is 0 Å². The number of amides is 1. The molecule has 1 amide bonds. The van der Waals surface area contributed by atoms with Gasteiger partial charge in [0.15, 0.2) is 0 Å². The summed E-state index contributed by atoms with van der Waals surface area (Å²) in [7, 11) is 0. The zero-order valence-electron chi connectivity index (χ0n) is 11.1. The second kappa shape index (κ2) is 5.80. The van der Waals surface area contributed by atoms with E-state index in [0.29, 0.717) is 24.2 Å². The van der Waals surface area contributed by atoms with Crippen molar-refractivity contribution in [3.8, 4) is 0 Å². The minimum absolute atomic E-state index is 0.0795. The van der Waals surface area contributed by atoms with E-state index >= 15 is 0 Å². The monoisotopic (exact) mass is 281 g/mol. The van der Waals surface area contributed by atoms with Gasteiger partial charge in [0.25, 0.3) is 0 Å². The van der Waals surface area contributed by atoms with Crippen LogP contribution in [0, 0.1) is 5.92 Å². The van der Waals surface area contributed by atoms with Gasteiger partial charge in [-0.2, -0.15) is 0 Å². The molecular weight excluding hydrogens is 262 g/mol. The van der Waals surface area contributed by atoms with E-state index < -0.39 is 0 Å². The number of benzene rings is 1.